The molecule has 5 heteroatoms. The quantitative estimate of drug-likeness (QED) is 0.677. The van der Waals surface area contributed by atoms with Gasteiger partial charge in [0.1, 0.15) is 0 Å². The molecule has 0 rings (SSSR count). The highest BCUT2D eigenvalue weighted by atomic mass is 30.0. The predicted octanol–water partition coefficient (Wildman–Crippen LogP) is 0.949. The van der Waals surface area contributed by atoms with Crippen molar-refractivity contribution < 1.29 is 0 Å². The van der Waals surface area contributed by atoms with Gasteiger partial charge in [-0.15, -0.1) is 0 Å². The lowest BCUT2D eigenvalue weighted by atomic mass is 10.3. The molecule has 104 valence electrons. The van der Waals surface area contributed by atoms with Crippen LogP contribution in [0.5, 0.6) is 0 Å². The van der Waals surface area contributed by atoms with Gasteiger partial charge < -0.3 is 0 Å². The van der Waals surface area contributed by atoms with Gasteiger partial charge in [-0.25, -0.2) is 0 Å². The van der Waals surface area contributed by atoms with E-state index in [-0.39, 0.29) is 7.35 Å². The fourth-order valence-corrected chi connectivity index (χ4v) is 93.5. The van der Waals surface area contributed by atoms with Crippen LogP contribution in [0.15, 0.2) is 0 Å². The lowest BCUT2D eigenvalue weighted by Crippen LogP contribution is -2.47. The Morgan fingerprint density at radius 3 is 1.18 bits per heavy atom. The minimum Gasteiger partial charge on any atom is -0.0634 e. The summed E-state index contributed by atoms with van der Waals surface area (Å²) in [6, 6.07) is 0. The van der Waals surface area contributed by atoms with Gasteiger partial charge in [-0.2, -0.15) is 0 Å². The van der Waals surface area contributed by atoms with Crippen LogP contribution >= 0.6 is 0 Å². The summed E-state index contributed by atoms with van der Waals surface area (Å²) in [6.07, 6.45) is 0. The van der Waals surface area contributed by atoms with Crippen LogP contribution in [0.25, 0.3) is 0 Å². The van der Waals surface area contributed by atoms with Gasteiger partial charge in [0.25, 0.3) is 0 Å². The lowest BCUT2D eigenvalue weighted by molar-refractivity contribution is 0.758. The zero-order valence-electron chi connectivity index (χ0n) is 13.9. The monoisotopic (exact) mass is 320 g/mol. The molecule has 17 heavy (non-hydrogen) atoms. The van der Waals surface area contributed by atoms with Gasteiger partial charge in [-0.05, 0) is 8.55 Å². The van der Waals surface area contributed by atoms with Gasteiger partial charge in [0, 0.05) is 34.5 Å². The van der Waals surface area contributed by atoms with Gasteiger partial charge >= 0.3 is 0 Å². The van der Waals surface area contributed by atoms with Crippen LogP contribution in [-0.4, -0.2) is 43.0 Å². The number of hydrogen-bond acceptors (Lipinski definition) is 0. The standard InChI is InChI=1S/C12H36Si5/c1-10(2,3)13-16-17(14-11(4,5)6)15-12(7,8)9/h17H,13-16H2,1-9H3. The Hall–Kier alpha value is 1.08. The Kier molecular flexibility index (Phi) is 6.91. The van der Waals surface area contributed by atoms with Crippen LogP contribution < -0.4 is 0 Å². The van der Waals surface area contributed by atoms with E-state index in [4.69, 9.17) is 0 Å². The van der Waals surface area contributed by atoms with Crippen LogP contribution in [-0.2, 0) is 0 Å². The van der Waals surface area contributed by atoms with E-state index in [0.717, 1.165) is 15.1 Å². The van der Waals surface area contributed by atoms with E-state index >= 15 is 0 Å². The zero-order chi connectivity index (χ0) is 13.9. The molecule has 0 aliphatic carbocycles. The molecule has 0 heterocycles. The Labute approximate surface area is 120 Å². The molecule has 0 aliphatic heterocycles. The third-order valence-corrected chi connectivity index (χ3v) is 70.3. The van der Waals surface area contributed by atoms with E-state index < -0.39 is 0 Å². The summed E-state index contributed by atoms with van der Waals surface area (Å²) < 4.78 is 0. The molecule has 0 amide bonds. The summed E-state index contributed by atoms with van der Waals surface area (Å²) in [5.41, 5.74) is 0. The molecule has 0 aliphatic rings. The topological polar surface area (TPSA) is 0 Å². The van der Waals surface area contributed by atoms with Crippen molar-refractivity contribution >= 4 is 43.0 Å². The molecule has 0 atom stereocenters. The first-order chi connectivity index (χ1) is 7.29. The Bertz CT molecular complexity index is 203. The van der Waals surface area contributed by atoms with Crippen molar-refractivity contribution in [2.45, 2.75) is 77.4 Å². The molecular weight excluding hydrogens is 285 g/mol. The molecule has 0 saturated carbocycles. The second kappa shape index (κ2) is 6.50. The molecule has 0 aromatic carbocycles. The van der Waals surface area contributed by atoms with Crippen molar-refractivity contribution in [2.75, 3.05) is 0 Å². The molecule has 0 fully saturated rings. The fraction of sp³-hybridized carbons (Fsp3) is 1.00. The highest BCUT2D eigenvalue weighted by Gasteiger charge is 2.27. The van der Waals surface area contributed by atoms with Crippen molar-refractivity contribution in [3.05, 3.63) is 0 Å². The maximum absolute atomic E-state index is 2.53. The third kappa shape index (κ3) is 13.3. The maximum Gasteiger partial charge on any atom is 0.0121 e. The number of rotatable bonds is 4. The van der Waals surface area contributed by atoms with Gasteiger partial charge in [0.15, 0.2) is 0 Å². The molecule has 0 bridgehead atoms. The van der Waals surface area contributed by atoms with Crippen LogP contribution in [0.3, 0.4) is 0 Å². The molecule has 0 radical (unpaired) electrons. The Morgan fingerprint density at radius 1 is 0.588 bits per heavy atom. The molecule has 0 nitrogen and oxygen atoms in total. The van der Waals surface area contributed by atoms with Crippen LogP contribution in [0.1, 0.15) is 62.3 Å². The molecule has 0 N–H and O–H groups in total. The van der Waals surface area contributed by atoms with Gasteiger partial charge in [-0.1, -0.05) is 77.4 Å². The first-order valence-corrected chi connectivity index (χ1v) is 23.2. The SMILES string of the molecule is CC(C)(C)[SiH2][SiH2][SiH]([SiH2]C(C)(C)C)[SiH2]C(C)(C)C. The zero-order valence-corrected chi connectivity index (χ0v) is 20.7. The average molecular weight is 321 g/mol. The highest BCUT2D eigenvalue weighted by Crippen LogP contribution is 2.26. The van der Waals surface area contributed by atoms with Crippen molar-refractivity contribution in [2.24, 2.45) is 0 Å². The van der Waals surface area contributed by atoms with Gasteiger partial charge in [0.05, 0.1) is 0 Å². The molecule has 0 aromatic heterocycles. The Morgan fingerprint density at radius 2 is 0.941 bits per heavy atom. The second-order valence-corrected chi connectivity index (χ2v) is 51.1. The molecule has 0 saturated heterocycles. The van der Waals surface area contributed by atoms with E-state index in [9.17, 15) is 0 Å². The van der Waals surface area contributed by atoms with Crippen LogP contribution in [0, 0.1) is 0 Å². The van der Waals surface area contributed by atoms with Crippen molar-refractivity contribution in [1.82, 2.24) is 0 Å². The minimum absolute atomic E-state index is 0.105. The summed E-state index contributed by atoms with van der Waals surface area (Å²) >= 11 is 0. The van der Waals surface area contributed by atoms with E-state index in [1.165, 1.54) is 0 Å². The normalized spacial score (nSPS) is 18.9. The first kappa shape index (κ1) is 18.1. The van der Waals surface area contributed by atoms with Gasteiger partial charge in [0.2, 0.25) is 0 Å². The maximum atomic E-state index is 2.53. The largest absolute Gasteiger partial charge is 0.0634 e. The molecule has 0 aromatic rings. The number of hydrogen-bond donors (Lipinski definition) is 0. The summed E-state index contributed by atoms with van der Waals surface area (Å²) in [7, 11) is 1.32. The lowest BCUT2D eigenvalue weighted by Gasteiger charge is -2.30. The summed E-state index contributed by atoms with van der Waals surface area (Å²) in [4.78, 5) is 0. The van der Waals surface area contributed by atoms with Crippen LogP contribution in [0.2, 0.25) is 15.1 Å². The Balaban J connectivity index is 4.42. The van der Waals surface area contributed by atoms with Crippen LogP contribution in [0.4, 0.5) is 0 Å². The van der Waals surface area contributed by atoms with Gasteiger partial charge in [-0.3, -0.25) is 0 Å². The third-order valence-electron chi connectivity index (χ3n) is 3.10. The average Bonchev–Trinajstić information content (AvgIpc) is 1.92. The van der Waals surface area contributed by atoms with Crippen molar-refractivity contribution in [1.29, 1.82) is 0 Å². The predicted molar refractivity (Wildman–Crippen MR) is 100 cm³/mol. The molecule has 0 unspecified atom stereocenters. The fourth-order valence-electron chi connectivity index (χ4n) is 2.65. The molecular formula is C12H36Si5. The highest BCUT2D eigenvalue weighted by molar-refractivity contribution is 7.68. The van der Waals surface area contributed by atoms with E-state index in [0.29, 0.717) is 35.7 Å². The van der Waals surface area contributed by atoms with E-state index in [1.807, 2.05) is 0 Å². The summed E-state index contributed by atoms with van der Waals surface area (Å²) in [6.45, 7) is 22.7. The minimum atomic E-state index is -0.105. The van der Waals surface area contributed by atoms with E-state index in [2.05, 4.69) is 62.3 Å². The summed E-state index contributed by atoms with van der Waals surface area (Å²) in [5.74, 6) is 0. The molecule has 0 spiro atoms. The smallest absolute Gasteiger partial charge is 0.0121 e. The van der Waals surface area contributed by atoms with Crippen molar-refractivity contribution in [3.8, 4) is 0 Å². The first-order valence-electron chi connectivity index (χ1n) is 7.29. The van der Waals surface area contributed by atoms with Crippen molar-refractivity contribution in [3.63, 3.8) is 0 Å². The van der Waals surface area contributed by atoms with E-state index in [1.54, 1.807) is 0 Å². The summed E-state index contributed by atoms with van der Waals surface area (Å²) in [5, 5.41) is 2.28. The second-order valence-electron chi connectivity index (χ2n) is 9.49.